The van der Waals surface area contributed by atoms with Crippen molar-refractivity contribution in [2.45, 2.75) is 19.3 Å². The average Bonchev–Trinajstić information content (AvgIpc) is 4.01. The molecular weight excluding hydrogens is 1030 g/mol. The van der Waals surface area contributed by atoms with Gasteiger partial charge < -0.3 is 35.3 Å². The molecule has 66 heavy (non-hydrogen) atoms. The van der Waals surface area contributed by atoms with Gasteiger partial charge in [-0.1, -0.05) is 76.2 Å². The molecule has 0 bridgehead atoms. The molecule has 0 fully saturated rings. The Morgan fingerprint density at radius 2 is 1.23 bits per heavy atom. The Morgan fingerprint density at radius 3 is 1.65 bits per heavy atom. The van der Waals surface area contributed by atoms with Gasteiger partial charge in [-0.3, -0.25) is 40.0 Å². The van der Waals surface area contributed by atoms with E-state index in [1.165, 1.54) is 22.5 Å². The molecule has 1 radical (unpaired) electrons. The van der Waals surface area contributed by atoms with Gasteiger partial charge in [-0.05, 0) is 49.8 Å². The molecule has 1 aliphatic heterocycles. The maximum atomic E-state index is 11.1. The fourth-order valence-electron chi connectivity index (χ4n) is 6.04. The number of carbonyl (C=O) groups excluding carboxylic acids is 2. The number of alkyl halides is 2. The van der Waals surface area contributed by atoms with Crippen LogP contribution in [0.4, 0.5) is 21.4 Å². The first-order valence-electron chi connectivity index (χ1n) is 18.7. The van der Waals surface area contributed by atoms with E-state index < -0.39 is 21.4 Å². The average molecular weight is 1060 g/mol. The molecule has 7 rings (SSSR count). The predicted octanol–water partition coefficient (Wildman–Crippen LogP) is 7.72. The molecule has 18 nitrogen and oxygen atoms in total. The van der Waals surface area contributed by atoms with Crippen LogP contribution in [0.15, 0.2) is 133 Å². The summed E-state index contributed by atoms with van der Waals surface area (Å²) in [5.41, 5.74) is 6.26. The van der Waals surface area contributed by atoms with Gasteiger partial charge in [-0.25, -0.2) is 0 Å². The van der Waals surface area contributed by atoms with E-state index in [0.717, 1.165) is 78.1 Å². The number of ketones is 2. The van der Waals surface area contributed by atoms with Gasteiger partial charge in [0.2, 0.25) is 17.3 Å². The third kappa shape index (κ3) is 13.6. The van der Waals surface area contributed by atoms with Crippen molar-refractivity contribution in [3.8, 4) is 0 Å². The molecule has 2 N–H and O–H groups in total. The van der Waals surface area contributed by atoms with E-state index in [4.69, 9.17) is 46.4 Å². The van der Waals surface area contributed by atoms with Crippen LogP contribution in [-0.2, 0) is 31.8 Å². The van der Waals surface area contributed by atoms with Crippen molar-refractivity contribution in [1.82, 2.24) is 9.97 Å². The number of aliphatic hydroxyl groups excluding tert-OH is 2. The molecule has 0 amide bonds. The Hall–Kier alpha value is -5.78. The summed E-state index contributed by atoms with van der Waals surface area (Å²) in [6.45, 7) is 6.18. The molecule has 4 aromatic rings. The van der Waals surface area contributed by atoms with E-state index in [1.807, 2.05) is 0 Å². The summed E-state index contributed by atoms with van der Waals surface area (Å²) in [5, 5.41) is 53.7. The molecule has 0 atom stereocenters. The predicted molar refractivity (Wildman–Crippen MR) is 253 cm³/mol. The second-order valence-electron chi connectivity index (χ2n) is 13.8. The number of nitro groups is 2. The SMILES string of the molecule is C[N+]1=C(/C=C/c2ccc(N(CCCl)CCCl)cc2)C(C)(C)c2ccccc21.O=C1C=C(O)C(=NN=c2[n-]cc([N+](=O)[O-])s2)C=C1Cl.O=C1C=C(O)C(=NN=c2[n-]cc([N+](=O)[O-])s2)C=C1Cl.[Co]. The van der Waals surface area contributed by atoms with Crippen LogP contribution in [0.1, 0.15) is 25.0 Å². The Bertz CT molecular complexity index is 2780. The minimum Gasteiger partial charge on any atom is -0.506 e. The number of benzene rings is 2. The number of aliphatic hydroxyl groups is 2. The van der Waals surface area contributed by atoms with Gasteiger partial charge in [0.05, 0.1) is 25.3 Å². The molecule has 3 aliphatic rings. The number of fused-ring (bicyclic) bond motifs is 1. The van der Waals surface area contributed by atoms with Crippen LogP contribution in [0.5, 0.6) is 0 Å². The topological polar surface area (TPSA) is 245 Å². The summed E-state index contributed by atoms with van der Waals surface area (Å²) in [7, 11) is 2.15. The van der Waals surface area contributed by atoms with Crippen LogP contribution in [0.3, 0.4) is 0 Å². The number of allylic oxidation sites excluding steroid dienone is 7. The summed E-state index contributed by atoms with van der Waals surface area (Å²) >= 11 is 24.4. The number of hydrogen-bond acceptors (Lipinski definition) is 15. The van der Waals surface area contributed by atoms with Gasteiger partial charge in [0, 0.05) is 99.2 Å². The van der Waals surface area contributed by atoms with Crippen LogP contribution >= 0.6 is 69.1 Å². The summed E-state index contributed by atoms with van der Waals surface area (Å²) in [4.78, 5) is 51.5. The molecule has 0 saturated heterocycles. The van der Waals surface area contributed by atoms with Crippen LogP contribution in [0.25, 0.3) is 6.08 Å². The second kappa shape index (κ2) is 24.1. The largest absolute Gasteiger partial charge is 0.506 e. The van der Waals surface area contributed by atoms with Gasteiger partial charge in [0.15, 0.2) is 5.71 Å². The number of aromatic nitrogens is 2. The molecule has 0 spiro atoms. The van der Waals surface area contributed by atoms with E-state index in [2.05, 4.69) is 121 Å². The van der Waals surface area contributed by atoms with Crippen molar-refractivity contribution in [2.24, 2.45) is 20.4 Å². The summed E-state index contributed by atoms with van der Waals surface area (Å²) in [5.74, 6) is -0.656. The van der Waals surface area contributed by atoms with Gasteiger partial charge >= 0.3 is 10.0 Å². The molecule has 347 valence electrons. The zero-order valence-corrected chi connectivity index (χ0v) is 40.2. The second-order valence-corrected chi connectivity index (χ2v) is 17.3. The van der Waals surface area contributed by atoms with Gasteiger partial charge in [-0.15, -0.1) is 23.2 Å². The zero-order chi connectivity index (χ0) is 47.4. The van der Waals surface area contributed by atoms with Gasteiger partial charge in [0.1, 0.15) is 30.0 Å². The first-order chi connectivity index (χ1) is 30.9. The number of rotatable bonds is 11. The van der Waals surface area contributed by atoms with Crippen molar-refractivity contribution >= 4 is 125 Å². The standard InChI is InChI=1S/C23H27Cl2N2.2C9H5ClN4O4S.Co/c1-23(2)20-6-4-5-7-21(20)26(3)22(23)13-10-18-8-11-19(12-9-18)27(16-14-24)17-15-25;2*10-4-1-5(7(16)2-6(4)15)12-13-9-11-3-8(19-9)14(17)18;/h4-13H,14-17H2,1-3H3;2*1-3H,(H2,11,13,15,16);/q+1;;;/p-2. The Morgan fingerprint density at radius 1 is 0.758 bits per heavy atom. The number of halogens is 4. The van der Waals surface area contributed by atoms with Crippen molar-refractivity contribution < 1.29 is 51.0 Å². The zero-order valence-electron chi connectivity index (χ0n) is 34.5. The maximum absolute atomic E-state index is 11.1. The van der Waals surface area contributed by atoms with Gasteiger partial charge in [0.25, 0.3) is 0 Å². The van der Waals surface area contributed by atoms with Crippen LogP contribution < -0.4 is 24.5 Å². The summed E-state index contributed by atoms with van der Waals surface area (Å²) in [6, 6.07) is 17.2. The Labute approximate surface area is 413 Å². The quantitative estimate of drug-likeness (QED) is 0.0484. The van der Waals surface area contributed by atoms with Gasteiger partial charge in [-0.2, -0.15) is 4.58 Å². The van der Waals surface area contributed by atoms with Crippen molar-refractivity contribution in [1.29, 1.82) is 0 Å². The number of carbonyl (C=O) groups is 2. The third-order valence-electron chi connectivity index (χ3n) is 9.21. The first kappa shape index (κ1) is 52.8. The Kier molecular flexibility index (Phi) is 19.3. The number of anilines is 1. The minimum atomic E-state index is -0.600. The summed E-state index contributed by atoms with van der Waals surface area (Å²) < 4.78 is 2.29. The molecule has 2 aromatic carbocycles. The van der Waals surface area contributed by atoms with E-state index in [9.17, 15) is 40.0 Å². The fraction of sp³-hybridized carbons (Fsp3) is 0.195. The molecule has 2 aromatic heterocycles. The van der Waals surface area contributed by atoms with E-state index in [0.29, 0.717) is 11.8 Å². The van der Waals surface area contributed by atoms with E-state index in [1.54, 1.807) is 0 Å². The van der Waals surface area contributed by atoms with Crippen molar-refractivity contribution in [2.75, 3.05) is 36.8 Å². The number of nitrogens with zero attached hydrogens (tertiary/aromatic N) is 10. The maximum Gasteiger partial charge on any atom is 0.319 e. The molecule has 0 unspecified atom stereocenters. The molecule has 0 saturated carbocycles. The Balaban J connectivity index is 0.000000220. The van der Waals surface area contributed by atoms with Crippen LogP contribution in [0.2, 0.25) is 0 Å². The smallest absolute Gasteiger partial charge is 0.319 e. The molecule has 25 heteroatoms. The number of hydrogen-bond donors (Lipinski definition) is 2. The normalized spacial score (nSPS) is 17.0. The number of para-hydroxylation sites is 1. The summed E-state index contributed by atoms with van der Waals surface area (Å²) in [6.07, 6.45) is 10.6. The fourth-order valence-corrected chi connectivity index (χ4v) is 7.87. The van der Waals surface area contributed by atoms with Crippen LogP contribution in [-0.4, -0.2) is 85.2 Å². The minimum absolute atomic E-state index is 0. The molecule has 2 aliphatic carbocycles. The van der Waals surface area contributed by atoms with E-state index in [-0.39, 0.29) is 74.8 Å². The van der Waals surface area contributed by atoms with Crippen molar-refractivity contribution in [3.63, 3.8) is 0 Å². The monoisotopic (exact) mass is 1060 g/mol. The first-order valence-corrected chi connectivity index (χ1v) is 22.2. The molecular formula is C41H35Cl4CoN10O8S2-. The van der Waals surface area contributed by atoms with Crippen LogP contribution in [0, 0.1) is 20.2 Å². The molecule has 3 heterocycles. The third-order valence-corrected chi connectivity index (χ3v) is 11.8. The van der Waals surface area contributed by atoms with Crippen molar-refractivity contribution in [3.05, 3.63) is 154 Å². The van der Waals surface area contributed by atoms with E-state index >= 15 is 0 Å². The number of thiazole rings is 2.